The number of halogens is 2. The third kappa shape index (κ3) is 2.97. The van der Waals surface area contributed by atoms with Gasteiger partial charge in [0.1, 0.15) is 0 Å². The maximum Gasteiger partial charge on any atom is 0.274 e. The Morgan fingerprint density at radius 1 is 1.32 bits per heavy atom. The van der Waals surface area contributed by atoms with Crippen LogP contribution in [0.1, 0.15) is 16.9 Å². The van der Waals surface area contributed by atoms with E-state index in [2.05, 4.69) is 5.10 Å². The summed E-state index contributed by atoms with van der Waals surface area (Å²) in [7, 11) is 0. The number of carbonyl (C=O) groups excluding carboxylic acids is 1. The lowest BCUT2D eigenvalue weighted by Crippen LogP contribution is -2.30. The highest BCUT2D eigenvalue weighted by molar-refractivity contribution is 6.42. The molecule has 2 N–H and O–H groups in total. The third-order valence-electron chi connectivity index (χ3n) is 3.88. The van der Waals surface area contributed by atoms with Crippen molar-refractivity contribution in [2.45, 2.75) is 6.42 Å². The molecule has 1 aliphatic heterocycles. The topological polar surface area (TPSA) is 64.2 Å². The van der Waals surface area contributed by atoms with E-state index >= 15 is 0 Å². The van der Waals surface area contributed by atoms with Crippen molar-refractivity contribution in [2.75, 3.05) is 19.6 Å². The molecule has 1 fully saturated rings. The van der Waals surface area contributed by atoms with Crippen LogP contribution in [0.2, 0.25) is 10.0 Å². The van der Waals surface area contributed by atoms with Crippen LogP contribution in [-0.4, -0.2) is 40.2 Å². The Morgan fingerprint density at radius 3 is 2.82 bits per heavy atom. The molecule has 1 saturated heterocycles. The summed E-state index contributed by atoms with van der Waals surface area (Å²) in [6.07, 6.45) is 2.69. The summed E-state index contributed by atoms with van der Waals surface area (Å²) < 4.78 is 1.62. The van der Waals surface area contributed by atoms with Gasteiger partial charge in [0.25, 0.3) is 5.91 Å². The molecule has 5 nitrogen and oxygen atoms in total. The number of nitrogens with zero attached hydrogens (tertiary/aromatic N) is 3. The molecule has 7 heteroatoms. The second-order valence-corrected chi connectivity index (χ2v) is 6.20. The molecule has 0 radical (unpaired) electrons. The maximum absolute atomic E-state index is 12.4. The maximum atomic E-state index is 12.4. The summed E-state index contributed by atoms with van der Waals surface area (Å²) in [4.78, 5) is 14.2. The van der Waals surface area contributed by atoms with Crippen molar-refractivity contribution < 1.29 is 4.79 Å². The predicted molar refractivity (Wildman–Crippen MR) is 86.6 cm³/mol. The molecule has 0 spiro atoms. The first-order chi connectivity index (χ1) is 10.6. The molecule has 1 amide bonds. The molecular weight excluding hydrogens is 323 g/mol. The lowest BCUT2D eigenvalue weighted by atomic mass is 10.1. The van der Waals surface area contributed by atoms with Gasteiger partial charge in [-0.1, -0.05) is 23.2 Å². The number of benzene rings is 1. The Bertz CT molecular complexity index is 701. The van der Waals surface area contributed by atoms with Crippen molar-refractivity contribution in [3.63, 3.8) is 0 Å². The molecule has 22 heavy (non-hydrogen) atoms. The molecule has 1 aromatic heterocycles. The summed E-state index contributed by atoms with van der Waals surface area (Å²) in [6, 6.07) is 6.93. The lowest BCUT2D eigenvalue weighted by Gasteiger charge is -2.14. The first kappa shape index (κ1) is 15.3. The van der Waals surface area contributed by atoms with Gasteiger partial charge in [-0.2, -0.15) is 5.10 Å². The van der Waals surface area contributed by atoms with E-state index in [0.29, 0.717) is 34.7 Å². The highest BCUT2D eigenvalue weighted by Crippen LogP contribution is 2.24. The van der Waals surface area contributed by atoms with Gasteiger partial charge in [-0.3, -0.25) is 4.79 Å². The van der Waals surface area contributed by atoms with Gasteiger partial charge in [0.15, 0.2) is 5.69 Å². The summed E-state index contributed by atoms with van der Waals surface area (Å²) in [5.74, 6) is 0.330. The van der Waals surface area contributed by atoms with Gasteiger partial charge in [0.2, 0.25) is 0 Å². The number of hydrogen-bond donors (Lipinski definition) is 1. The van der Waals surface area contributed by atoms with Crippen LogP contribution in [0, 0.1) is 5.92 Å². The van der Waals surface area contributed by atoms with Crippen LogP contribution in [0.3, 0.4) is 0 Å². The fraction of sp³-hybridized carbons (Fsp3) is 0.333. The third-order valence-corrected chi connectivity index (χ3v) is 4.62. The fourth-order valence-corrected chi connectivity index (χ4v) is 2.87. The molecule has 2 aromatic rings. The van der Waals surface area contributed by atoms with Crippen molar-refractivity contribution in [3.8, 4) is 5.69 Å². The Kier molecular flexibility index (Phi) is 4.38. The van der Waals surface area contributed by atoms with Gasteiger partial charge in [0.05, 0.1) is 15.7 Å². The van der Waals surface area contributed by atoms with E-state index < -0.39 is 0 Å². The number of likely N-dealkylation sites (tertiary alicyclic amines) is 1. The summed E-state index contributed by atoms with van der Waals surface area (Å²) >= 11 is 11.9. The van der Waals surface area contributed by atoms with Gasteiger partial charge < -0.3 is 10.6 Å². The number of hydrogen-bond acceptors (Lipinski definition) is 3. The van der Waals surface area contributed by atoms with Gasteiger partial charge >= 0.3 is 0 Å². The molecule has 2 heterocycles. The molecule has 0 aliphatic carbocycles. The molecule has 0 saturated carbocycles. The predicted octanol–water partition coefficient (Wildman–Crippen LogP) is 2.60. The number of carbonyl (C=O) groups is 1. The van der Waals surface area contributed by atoms with E-state index in [9.17, 15) is 4.79 Å². The fourth-order valence-electron chi connectivity index (χ4n) is 2.58. The molecule has 0 bridgehead atoms. The van der Waals surface area contributed by atoms with Crippen LogP contribution in [0.15, 0.2) is 30.5 Å². The van der Waals surface area contributed by atoms with Gasteiger partial charge in [0, 0.05) is 19.3 Å². The van der Waals surface area contributed by atoms with Crippen molar-refractivity contribution in [2.24, 2.45) is 11.7 Å². The van der Waals surface area contributed by atoms with Crippen molar-refractivity contribution in [1.82, 2.24) is 14.7 Å². The zero-order chi connectivity index (χ0) is 15.7. The molecule has 3 rings (SSSR count). The Balaban J connectivity index is 1.78. The lowest BCUT2D eigenvalue weighted by molar-refractivity contribution is 0.0781. The van der Waals surface area contributed by atoms with E-state index in [1.807, 2.05) is 0 Å². The van der Waals surface area contributed by atoms with Crippen LogP contribution in [-0.2, 0) is 0 Å². The second-order valence-electron chi connectivity index (χ2n) is 5.39. The van der Waals surface area contributed by atoms with Gasteiger partial charge in [-0.05, 0) is 43.1 Å². The van der Waals surface area contributed by atoms with Crippen LogP contribution in [0.25, 0.3) is 5.69 Å². The first-order valence-electron chi connectivity index (χ1n) is 7.09. The highest BCUT2D eigenvalue weighted by Gasteiger charge is 2.27. The van der Waals surface area contributed by atoms with E-state index in [1.165, 1.54) is 0 Å². The van der Waals surface area contributed by atoms with Crippen molar-refractivity contribution in [1.29, 1.82) is 0 Å². The van der Waals surface area contributed by atoms with Crippen molar-refractivity contribution in [3.05, 3.63) is 46.2 Å². The van der Waals surface area contributed by atoms with E-state index in [1.54, 1.807) is 40.0 Å². The van der Waals surface area contributed by atoms with Crippen LogP contribution in [0.5, 0.6) is 0 Å². The van der Waals surface area contributed by atoms with Gasteiger partial charge in [-0.15, -0.1) is 0 Å². The second kappa shape index (κ2) is 6.28. The number of rotatable bonds is 3. The molecule has 116 valence electrons. The summed E-state index contributed by atoms with van der Waals surface area (Å²) in [6.45, 7) is 2.05. The molecule has 1 aromatic carbocycles. The summed E-state index contributed by atoms with van der Waals surface area (Å²) in [5.41, 5.74) is 6.84. The minimum atomic E-state index is -0.0604. The average molecular weight is 339 g/mol. The van der Waals surface area contributed by atoms with E-state index in [-0.39, 0.29) is 5.91 Å². The zero-order valence-corrected chi connectivity index (χ0v) is 13.4. The minimum absolute atomic E-state index is 0.0604. The van der Waals surface area contributed by atoms with E-state index in [0.717, 1.165) is 18.7 Å². The molecular formula is C15H16Cl2N4O. The molecule has 1 aliphatic rings. The molecule has 1 unspecified atom stereocenters. The smallest absolute Gasteiger partial charge is 0.274 e. The number of nitrogens with two attached hydrogens (primary N) is 1. The Morgan fingerprint density at radius 2 is 2.14 bits per heavy atom. The Labute approximate surface area is 138 Å². The SMILES string of the molecule is NCC1CCN(C(=O)c2ccn(-c3ccc(Cl)c(Cl)c3)n2)C1. The quantitative estimate of drug-likeness (QED) is 0.935. The highest BCUT2D eigenvalue weighted by atomic mass is 35.5. The number of aromatic nitrogens is 2. The minimum Gasteiger partial charge on any atom is -0.337 e. The largest absolute Gasteiger partial charge is 0.337 e. The average Bonchev–Trinajstić information content (AvgIpc) is 3.18. The van der Waals surface area contributed by atoms with Crippen LogP contribution in [0.4, 0.5) is 0 Å². The van der Waals surface area contributed by atoms with Crippen molar-refractivity contribution >= 4 is 29.1 Å². The first-order valence-corrected chi connectivity index (χ1v) is 7.84. The van der Waals surface area contributed by atoms with Crippen LogP contribution < -0.4 is 5.73 Å². The standard InChI is InChI=1S/C15H16Cl2N4O/c16-12-2-1-11(7-13(12)17)21-6-4-14(19-21)15(22)20-5-3-10(8-18)9-20/h1-2,4,6-7,10H,3,5,8-9,18H2. The Hall–Kier alpha value is -1.56. The normalized spacial score (nSPS) is 18.0. The van der Waals surface area contributed by atoms with E-state index in [4.69, 9.17) is 28.9 Å². The zero-order valence-electron chi connectivity index (χ0n) is 11.9. The molecule has 1 atom stereocenters. The summed E-state index contributed by atoms with van der Waals surface area (Å²) in [5, 5.41) is 5.28. The van der Waals surface area contributed by atoms with Crippen LogP contribution >= 0.6 is 23.2 Å². The number of amides is 1. The van der Waals surface area contributed by atoms with Gasteiger partial charge in [-0.25, -0.2) is 4.68 Å². The monoisotopic (exact) mass is 338 g/mol.